The van der Waals surface area contributed by atoms with Crippen molar-refractivity contribution in [3.05, 3.63) is 71.8 Å². The molecular weight excluding hydrogens is 368 g/mol. The second-order valence-electron chi connectivity index (χ2n) is 6.83. The normalized spacial score (nSPS) is 12.1. The van der Waals surface area contributed by atoms with Gasteiger partial charge in [-0.05, 0) is 23.8 Å². The van der Waals surface area contributed by atoms with Gasteiger partial charge in [0.25, 0.3) is 0 Å². The van der Waals surface area contributed by atoms with E-state index in [2.05, 4.69) is 0 Å². The molecule has 3 aromatic carbocycles. The van der Waals surface area contributed by atoms with Gasteiger partial charge in [0.15, 0.2) is 11.5 Å². The Hall–Kier alpha value is -3.60. The molecule has 4 aromatic rings. The monoisotopic (exact) mass is 388 g/mol. The number of fused-ring (bicyclic) bond motifs is 5. The van der Waals surface area contributed by atoms with E-state index >= 15 is 0 Å². The lowest BCUT2D eigenvalue weighted by atomic mass is 10.0. The van der Waals surface area contributed by atoms with Crippen molar-refractivity contribution >= 4 is 11.0 Å². The van der Waals surface area contributed by atoms with E-state index in [-0.39, 0.29) is 0 Å². The average Bonchev–Trinajstić information content (AvgIpc) is 3.15. The molecule has 1 aliphatic heterocycles. The number of hydrogen-bond donors (Lipinski definition) is 0. The van der Waals surface area contributed by atoms with Crippen LogP contribution in [0.1, 0.15) is 11.1 Å². The Morgan fingerprint density at radius 3 is 2.55 bits per heavy atom. The third-order valence-electron chi connectivity index (χ3n) is 5.12. The molecule has 0 aliphatic carbocycles. The Kier molecular flexibility index (Phi) is 4.28. The van der Waals surface area contributed by atoms with E-state index in [1.54, 1.807) is 14.2 Å². The molecule has 0 spiro atoms. The summed E-state index contributed by atoms with van der Waals surface area (Å²) in [5, 5.41) is 0.963. The summed E-state index contributed by atoms with van der Waals surface area (Å²) in [4.78, 5) is 0. The fourth-order valence-electron chi connectivity index (χ4n) is 3.61. The second kappa shape index (κ2) is 7.09. The van der Waals surface area contributed by atoms with Gasteiger partial charge in [-0.1, -0.05) is 30.3 Å². The van der Waals surface area contributed by atoms with Crippen LogP contribution in [0.2, 0.25) is 0 Å². The van der Waals surface area contributed by atoms with Gasteiger partial charge in [-0.3, -0.25) is 0 Å². The summed E-state index contributed by atoms with van der Waals surface area (Å²) in [5.41, 5.74) is 3.75. The molecule has 2 heterocycles. The molecule has 0 N–H and O–H groups in total. The quantitative estimate of drug-likeness (QED) is 0.446. The molecule has 5 rings (SSSR count). The number of benzene rings is 3. The summed E-state index contributed by atoms with van der Waals surface area (Å²) < 4.78 is 29.1. The van der Waals surface area contributed by atoms with Gasteiger partial charge in [0.2, 0.25) is 0 Å². The van der Waals surface area contributed by atoms with Gasteiger partial charge in [0.05, 0.1) is 19.8 Å². The molecular formula is C24H20O5. The van der Waals surface area contributed by atoms with Crippen molar-refractivity contribution in [3.63, 3.8) is 0 Å². The minimum absolute atomic E-state index is 0.426. The van der Waals surface area contributed by atoms with Crippen molar-refractivity contribution in [3.8, 4) is 34.3 Å². The zero-order valence-electron chi connectivity index (χ0n) is 16.2. The van der Waals surface area contributed by atoms with E-state index in [9.17, 15) is 0 Å². The summed E-state index contributed by atoms with van der Waals surface area (Å²) in [5.74, 6) is 3.62. The van der Waals surface area contributed by atoms with Crippen molar-refractivity contribution in [1.29, 1.82) is 0 Å². The van der Waals surface area contributed by atoms with Crippen molar-refractivity contribution in [2.24, 2.45) is 0 Å². The van der Waals surface area contributed by atoms with Gasteiger partial charge in [0, 0.05) is 23.1 Å². The van der Waals surface area contributed by atoms with E-state index in [1.807, 2.05) is 60.7 Å². The number of methoxy groups -OCH3 is 2. The molecule has 0 saturated heterocycles. The number of furan rings is 1. The lowest BCUT2D eigenvalue weighted by molar-refractivity contribution is 0.285. The lowest BCUT2D eigenvalue weighted by Crippen LogP contribution is -2.04. The first-order chi connectivity index (χ1) is 14.3. The van der Waals surface area contributed by atoms with Crippen LogP contribution in [0.15, 0.2) is 65.1 Å². The summed E-state index contributed by atoms with van der Waals surface area (Å²) in [6, 6.07) is 19.6. The summed E-state index contributed by atoms with van der Waals surface area (Å²) >= 11 is 0. The first kappa shape index (κ1) is 17.5. The van der Waals surface area contributed by atoms with Gasteiger partial charge in [-0.15, -0.1) is 0 Å². The van der Waals surface area contributed by atoms with Gasteiger partial charge < -0.3 is 23.4 Å². The number of ether oxygens (including phenoxy) is 4. The van der Waals surface area contributed by atoms with E-state index in [0.717, 1.165) is 44.9 Å². The fourth-order valence-corrected chi connectivity index (χ4v) is 3.61. The Balaban J connectivity index is 1.55. The Bertz CT molecular complexity index is 1180. The third kappa shape index (κ3) is 3.05. The molecule has 5 nitrogen and oxygen atoms in total. The Labute approximate surface area is 168 Å². The molecule has 146 valence electrons. The van der Waals surface area contributed by atoms with Crippen molar-refractivity contribution in [1.82, 2.24) is 0 Å². The highest BCUT2D eigenvalue weighted by Crippen LogP contribution is 2.46. The number of hydrogen-bond acceptors (Lipinski definition) is 5. The molecule has 0 amide bonds. The maximum atomic E-state index is 6.23. The first-order valence-corrected chi connectivity index (χ1v) is 9.38. The van der Waals surface area contributed by atoms with Crippen LogP contribution in [0.4, 0.5) is 0 Å². The van der Waals surface area contributed by atoms with Crippen LogP contribution >= 0.6 is 0 Å². The molecule has 5 heteroatoms. The highest BCUT2D eigenvalue weighted by molar-refractivity contribution is 5.92. The molecule has 0 fully saturated rings. The highest BCUT2D eigenvalue weighted by atomic mass is 16.5. The topological polar surface area (TPSA) is 50.1 Å². The molecule has 0 saturated carbocycles. The van der Waals surface area contributed by atoms with Crippen LogP contribution < -0.4 is 18.9 Å². The predicted octanol–water partition coefficient (Wildman–Crippen LogP) is 5.59. The van der Waals surface area contributed by atoms with Gasteiger partial charge in [-0.2, -0.15) is 0 Å². The summed E-state index contributed by atoms with van der Waals surface area (Å²) in [6.07, 6.45) is 0. The Morgan fingerprint density at radius 2 is 1.76 bits per heavy atom. The molecule has 0 bridgehead atoms. The van der Waals surface area contributed by atoms with E-state index in [1.165, 1.54) is 0 Å². The summed E-state index contributed by atoms with van der Waals surface area (Å²) in [7, 11) is 3.28. The molecule has 0 radical (unpaired) electrons. The van der Waals surface area contributed by atoms with Crippen molar-refractivity contribution < 1.29 is 23.4 Å². The van der Waals surface area contributed by atoms with Crippen molar-refractivity contribution in [2.45, 2.75) is 13.2 Å². The first-order valence-electron chi connectivity index (χ1n) is 9.38. The van der Waals surface area contributed by atoms with E-state index in [4.69, 9.17) is 23.4 Å². The van der Waals surface area contributed by atoms with Gasteiger partial charge in [-0.25, -0.2) is 0 Å². The molecule has 1 aliphatic rings. The second-order valence-corrected chi connectivity index (χ2v) is 6.83. The third-order valence-corrected chi connectivity index (χ3v) is 5.12. The maximum absolute atomic E-state index is 6.23. The van der Waals surface area contributed by atoms with E-state index in [0.29, 0.717) is 24.7 Å². The van der Waals surface area contributed by atoms with Crippen LogP contribution in [0.5, 0.6) is 23.0 Å². The van der Waals surface area contributed by atoms with Crippen LogP contribution in [-0.2, 0) is 13.2 Å². The minimum Gasteiger partial charge on any atom is -0.497 e. The van der Waals surface area contributed by atoms with Crippen LogP contribution in [-0.4, -0.2) is 14.2 Å². The van der Waals surface area contributed by atoms with Gasteiger partial charge >= 0.3 is 0 Å². The van der Waals surface area contributed by atoms with Crippen LogP contribution in [0, 0.1) is 0 Å². The lowest BCUT2D eigenvalue weighted by Gasteiger charge is -2.17. The SMILES string of the molecule is COc1ccc2c(c1)OCc1c-2oc2cc(OCc3ccccc3)c(OC)cc12. The average molecular weight is 388 g/mol. The zero-order chi connectivity index (χ0) is 19.8. The molecule has 1 aromatic heterocycles. The Morgan fingerprint density at radius 1 is 0.897 bits per heavy atom. The smallest absolute Gasteiger partial charge is 0.165 e. The van der Waals surface area contributed by atoms with Gasteiger partial charge in [0.1, 0.15) is 36.1 Å². The highest BCUT2D eigenvalue weighted by Gasteiger charge is 2.26. The molecule has 0 atom stereocenters. The largest absolute Gasteiger partial charge is 0.497 e. The van der Waals surface area contributed by atoms with Crippen LogP contribution in [0.3, 0.4) is 0 Å². The minimum atomic E-state index is 0.426. The molecule has 29 heavy (non-hydrogen) atoms. The molecule has 0 unspecified atom stereocenters. The zero-order valence-corrected chi connectivity index (χ0v) is 16.2. The summed E-state index contributed by atoms with van der Waals surface area (Å²) in [6.45, 7) is 0.880. The standard InChI is InChI=1S/C24H20O5/c1-25-16-8-9-17-20(10-16)28-14-19-18-11-22(26-2)23(12-21(18)29-24(17)19)27-13-15-6-4-3-5-7-15/h3-12H,13-14H2,1-2H3. The number of rotatable bonds is 5. The maximum Gasteiger partial charge on any atom is 0.165 e. The van der Waals surface area contributed by atoms with Crippen molar-refractivity contribution in [2.75, 3.05) is 14.2 Å². The van der Waals surface area contributed by atoms with Crippen LogP contribution in [0.25, 0.3) is 22.3 Å². The predicted molar refractivity (Wildman–Crippen MR) is 110 cm³/mol. The van der Waals surface area contributed by atoms with E-state index < -0.39 is 0 Å². The fraction of sp³-hybridized carbons (Fsp3) is 0.167.